The Morgan fingerprint density at radius 3 is 2.56 bits per heavy atom. The van der Waals surface area contributed by atoms with Gasteiger partial charge in [-0.2, -0.15) is 4.31 Å². The Balaban J connectivity index is 1.36. The van der Waals surface area contributed by atoms with Crippen LogP contribution in [0.1, 0.15) is 38.2 Å². The zero-order chi connectivity index (χ0) is 25.5. The van der Waals surface area contributed by atoms with Gasteiger partial charge in [0.05, 0.1) is 11.4 Å². The highest BCUT2D eigenvalue weighted by Gasteiger charge is 2.51. The van der Waals surface area contributed by atoms with Gasteiger partial charge in [0.1, 0.15) is 0 Å². The molecule has 0 radical (unpaired) electrons. The van der Waals surface area contributed by atoms with Gasteiger partial charge in [-0.3, -0.25) is 14.3 Å². The minimum absolute atomic E-state index is 0.00389. The number of anilines is 1. The van der Waals surface area contributed by atoms with Crippen molar-refractivity contribution in [1.82, 2.24) is 18.8 Å². The first-order valence-corrected chi connectivity index (χ1v) is 14.0. The van der Waals surface area contributed by atoms with Crippen molar-refractivity contribution in [1.29, 1.82) is 0 Å². The van der Waals surface area contributed by atoms with Gasteiger partial charge in [0.15, 0.2) is 0 Å². The summed E-state index contributed by atoms with van der Waals surface area (Å²) in [5.74, 6) is 0.658. The number of fused-ring (bicyclic) bond motifs is 1. The van der Waals surface area contributed by atoms with Crippen LogP contribution in [0, 0.1) is 5.41 Å². The second-order valence-corrected chi connectivity index (χ2v) is 12.3. The van der Waals surface area contributed by atoms with E-state index in [-0.39, 0.29) is 28.8 Å². The summed E-state index contributed by atoms with van der Waals surface area (Å²) >= 11 is 0. The van der Waals surface area contributed by atoms with Gasteiger partial charge in [-0.25, -0.2) is 13.4 Å². The molecule has 0 N–H and O–H groups in total. The molecule has 190 valence electrons. The van der Waals surface area contributed by atoms with Crippen LogP contribution in [0.25, 0.3) is 11.3 Å². The molecule has 1 saturated carbocycles. The van der Waals surface area contributed by atoms with Gasteiger partial charge >= 0.3 is 0 Å². The van der Waals surface area contributed by atoms with E-state index in [0.717, 1.165) is 36.8 Å². The van der Waals surface area contributed by atoms with Gasteiger partial charge in [0.2, 0.25) is 16.0 Å². The van der Waals surface area contributed by atoms with E-state index in [1.165, 1.54) is 0 Å². The summed E-state index contributed by atoms with van der Waals surface area (Å²) in [6.07, 6.45) is 6.69. The van der Waals surface area contributed by atoms with Crippen LogP contribution in [0.2, 0.25) is 0 Å². The fourth-order valence-corrected chi connectivity index (χ4v) is 7.86. The van der Waals surface area contributed by atoms with Crippen molar-refractivity contribution in [3.8, 4) is 11.3 Å². The predicted molar refractivity (Wildman–Crippen MR) is 141 cm³/mol. The molecular formula is C27H33N5O3S. The average Bonchev–Trinajstić information content (AvgIpc) is 3.23. The topological polar surface area (TPSA) is 88.4 Å². The zero-order valence-corrected chi connectivity index (χ0v) is 21.9. The van der Waals surface area contributed by atoms with Crippen molar-refractivity contribution < 1.29 is 8.42 Å². The Labute approximate surface area is 212 Å². The molecule has 5 rings (SSSR count). The first-order chi connectivity index (χ1) is 17.2. The summed E-state index contributed by atoms with van der Waals surface area (Å²) in [4.78, 5) is 23.8. The average molecular weight is 508 g/mol. The summed E-state index contributed by atoms with van der Waals surface area (Å²) in [6.45, 7) is 2.77. The Bertz CT molecular complexity index is 1390. The number of rotatable bonds is 6. The maximum absolute atomic E-state index is 13.4. The minimum Gasteiger partial charge on any atom is -0.342 e. The molecule has 2 aromatic heterocycles. The monoisotopic (exact) mass is 507 g/mol. The third-order valence-corrected chi connectivity index (χ3v) is 9.88. The number of benzene rings is 1. The van der Waals surface area contributed by atoms with E-state index in [2.05, 4.69) is 16.8 Å². The highest BCUT2D eigenvalue weighted by molar-refractivity contribution is 7.88. The molecule has 1 aromatic carbocycles. The zero-order valence-electron chi connectivity index (χ0n) is 21.0. The van der Waals surface area contributed by atoms with Gasteiger partial charge in [0, 0.05) is 56.7 Å². The van der Waals surface area contributed by atoms with Gasteiger partial charge in [-0.05, 0) is 48.8 Å². The number of pyridine rings is 1. The quantitative estimate of drug-likeness (QED) is 0.508. The molecule has 0 amide bonds. The van der Waals surface area contributed by atoms with Crippen molar-refractivity contribution >= 4 is 16.0 Å². The molecule has 2 fully saturated rings. The fraction of sp³-hybridized carbons (Fsp3) is 0.444. The predicted octanol–water partition coefficient (Wildman–Crippen LogP) is 3.44. The number of hydrogen-bond donors (Lipinski definition) is 0. The Kier molecular flexibility index (Phi) is 6.46. The van der Waals surface area contributed by atoms with Crippen LogP contribution in [0.15, 0.2) is 65.7 Å². The van der Waals surface area contributed by atoms with Gasteiger partial charge < -0.3 is 4.90 Å². The van der Waals surface area contributed by atoms with Gasteiger partial charge in [0.25, 0.3) is 5.56 Å². The molecule has 0 spiro atoms. The van der Waals surface area contributed by atoms with E-state index in [1.807, 2.05) is 49.5 Å². The third kappa shape index (κ3) is 4.57. The minimum atomic E-state index is -3.40. The molecule has 2 aliphatic rings. The molecule has 1 aliphatic heterocycles. The fourth-order valence-electron chi connectivity index (χ4n) is 5.96. The summed E-state index contributed by atoms with van der Waals surface area (Å²) in [5, 5.41) is 0. The molecule has 1 saturated heterocycles. The van der Waals surface area contributed by atoms with Crippen LogP contribution >= 0.6 is 0 Å². The largest absolute Gasteiger partial charge is 0.342 e. The molecule has 36 heavy (non-hydrogen) atoms. The summed E-state index contributed by atoms with van der Waals surface area (Å²) in [5.41, 5.74) is 2.06. The molecule has 0 bridgehead atoms. The molecule has 8 nitrogen and oxygen atoms in total. The Hall–Kier alpha value is -3.04. The SMILES string of the molecule is CN(c1nc(-c2ccncc2)cc(=O)n1C)[C@@H]1CC[C@H]2N(S(=O)(=O)Cc3ccccc3)CCC2(C)C1. The van der Waals surface area contributed by atoms with E-state index in [4.69, 9.17) is 4.98 Å². The van der Waals surface area contributed by atoms with E-state index in [0.29, 0.717) is 18.2 Å². The second-order valence-electron chi connectivity index (χ2n) is 10.4. The van der Waals surface area contributed by atoms with Crippen molar-refractivity contribution in [2.24, 2.45) is 12.5 Å². The van der Waals surface area contributed by atoms with Crippen molar-refractivity contribution in [2.45, 2.75) is 50.4 Å². The van der Waals surface area contributed by atoms with Gasteiger partial charge in [-0.1, -0.05) is 37.3 Å². The molecular weight excluding hydrogens is 474 g/mol. The van der Waals surface area contributed by atoms with Gasteiger partial charge in [-0.15, -0.1) is 0 Å². The molecule has 1 unspecified atom stereocenters. The van der Waals surface area contributed by atoms with E-state index >= 15 is 0 Å². The molecule has 1 aliphatic carbocycles. The Morgan fingerprint density at radius 1 is 1.11 bits per heavy atom. The molecule has 3 heterocycles. The van der Waals surface area contributed by atoms with E-state index < -0.39 is 10.0 Å². The van der Waals surface area contributed by atoms with E-state index in [1.54, 1.807) is 34.4 Å². The Morgan fingerprint density at radius 2 is 1.83 bits per heavy atom. The van der Waals surface area contributed by atoms with Crippen LogP contribution < -0.4 is 10.5 Å². The molecule has 3 aromatic rings. The molecule has 3 atom stereocenters. The van der Waals surface area contributed by atoms with Crippen molar-refractivity contribution in [3.63, 3.8) is 0 Å². The lowest BCUT2D eigenvalue weighted by atomic mass is 9.70. The highest BCUT2D eigenvalue weighted by atomic mass is 32.2. The van der Waals surface area contributed by atoms with Crippen molar-refractivity contribution in [3.05, 3.63) is 76.8 Å². The van der Waals surface area contributed by atoms with Crippen LogP contribution in [-0.4, -0.2) is 52.9 Å². The van der Waals surface area contributed by atoms with Crippen molar-refractivity contribution in [2.75, 3.05) is 18.5 Å². The van der Waals surface area contributed by atoms with Crippen LogP contribution in [0.5, 0.6) is 0 Å². The number of hydrogen-bond acceptors (Lipinski definition) is 6. The second kappa shape index (κ2) is 9.44. The lowest BCUT2D eigenvalue weighted by Crippen LogP contribution is -2.50. The first-order valence-electron chi connectivity index (χ1n) is 12.4. The highest BCUT2D eigenvalue weighted by Crippen LogP contribution is 2.49. The maximum atomic E-state index is 13.4. The van der Waals surface area contributed by atoms with Crippen LogP contribution in [0.4, 0.5) is 5.95 Å². The smallest absolute Gasteiger partial charge is 0.255 e. The summed E-state index contributed by atoms with van der Waals surface area (Å²) in [6, 6.07) is 14.8. The van der Waals surface area contributed by atoms with Crippen LogP contribution in [0.3, 0.4) is 0 Å². The van der Waals surface area contributed by atoms with Crippen LogP contribution in [-0.2, 0) is 22.8 Å². The molecule has 9 heteroatoms. The normalized spacial score (nSPS) is 24.4. The standard InChI is InChI=1S/C27H33N5O3S/c1-27-13-16-32(36(34,35)19-20-7-5-4-6-8-20)24(27)10-9-22(18-27)30(2)26-29-23(17-25(33)31(26)3)21-11-14-28-15-12-21/h4-8,11-12,14-15,17,22,24H,9-10,13,16,18-19H2,1-3H3/t22-,24-,27?/m1/s1. The lowest BCUT2D eigenvalue weighted by Gasteiger charge is -2.45. The maximum Gasteiger partial charge on any atom is 0.255 e. The summed E-state index contributed by atoms with van der Waals surface area (Å²) in [7, 11) is 0.336. The third-order valence-electron chi connectivity index (χ3n) is 8.03. The lowest BCUT2D eigenvalue weighted by molar-refractivity contribution is 0.143. The number of sulfonamides is 1. The number of aromatic nitrogens is 3. The summed E-state index contributed by atoms with van der Waals surface area (Å²) < 4.78 is 30.1. The first kappa shape index (κ1) is 24.6. The number of nitrogens with zero attached hydrogens (tertiary/aromatic N) is 5. The van der Waals surface area contributed by atoms with E-state index in [9.17, 15) is 13.2 Å².